The molecule has 1 aromatic carbocycles. The van der Waals surface area contributed by atoms with Gasteiger partial charge in [0.2, 0.25) is 0 Å². The average Bonchev–Trinajstić information content (AvgIpc) is 2.71. The van der Waals surface area contributed by atoms with E-state index in [0.29, 0.717) is 22.4 Å². The highest BCUT2D eigenvalue weighted by molar-refractivity contribution is 7.17. The molecule has 19 heavy (non-hydrogen) atoms. The monoisotopic (exact) mass is 296 g/mol. The summed E-state index contributed by atoms with van der Waals surface area (Å²) < 4.78 is 0. The average molecular weight is 297 g/mol. The maximum atomic E-state index is 11.0. The summed E-state index contributed by atoms with van der Waals surface area (Å²) in [5.74, 6) is -0.933. The number of rotatable bonds is 4. The van der Waals surface area contributed by atoms with Gasteiger partial charge in [-0.1, -0.05) is 35.1 Å². The SMILES string of the molecule is Cc1nc(N(C)Cc2cccc(Cl)c2)sc1C(=O)O. The van der Waals surface area contributed by atoms with Crippen molar-refractivity contribution >= 4 is 34.0 Å². The van der Waals surface area contributed by atoms with E-state index < -0.39 is 5.97 Å². The molecule has 0 spiro atoms. The minimum absolute atomic E-state index is 0.285. The Kier molecular flexibility index (Phi) is 4.07. The number of carboxylic acid groups (broad SMARTS) is 1. The van der Waals surface area contributed by atoms with Gasteiger partial charge in [0.25, 0.3) is 0 Å². The molecule has 0 atom stereocenters. The predicted molar refractivity (Wildman–Crippen MR) is 77.4 cm³/mol. The van der Waals surface area contributed by atoms with Crippen LogP contribution in [-0.2, 0) is 6.54 Å². The Hall–Kier alpha value is -1.59. The smallest absolute Gasteiger partial charge is 0.347 e. The molecule has 0 saturated heterocycles. The van der Waals surface area contributed by atoms with Crippen LogP contribution in [0.25, 0.3) is 0 Å². The summed E-state index contributed by atoms with van der Waals surface area (Å²) in [6.45, 7) is 2.34. The molecular formula is C13H13ClN2O2S. The molecule has 0 fully saturated rings. The van der Waals surface area contributed by atoms with Crippen LogP contribution in [0, 0.1) is 6.92 Å². The van der Waals surface area contributed by atoms with Gasteiger partial charge in [0.15, 0.2) is 5.13 Å². The number of benzene rings is 1. The molecule has 1 N–H and O–H groups in total. The van der Waals surface area contributed by atoms with Crippen LogP contribution >= 0.6 is 22.9 Å². The number of hydrogen-bond acceptors (Lipinski definition) is 4. The zero-order valence-electron chi connectivity index (χ0n) is 10.6. The summed E-state index contributed by atoms with van der Waals surface area (Å²) in [6.07, 6.45) is 0. The molecule has 100 valence electrons. The van der Waals surface area contributed by atoms with E-state index in [4.69, 9.17) is 16.7 Å². The third kappa shape index (κ3) is 3.24. The third-order valence-electron chi connectivity index (χ3n) is 2.61. The summed E-state index contributed by atoms with van der Waals surface area (Å²) in [5, 5.41) is 10.4. The van der Waals surface area contributed by atoms with Gasteiger partial charge in [-0.2, -0.15) is 0 Å². The van der Waals surface area contributed by atoms with Gasteiger partial charge in [0.05, 0.1) is 5.69 Å². The highest BCUT2D eigenvalue weighted by Gasteiger charge is 2.16. The molecule has 2 rings (SSSR count). The lowest BCUT2D eigenvalue weighted by Gasteiger charge is -2.15. The molecular weight excluding hydrogens is 284 g/mol. The molecule has 0 aliphatic carbocycles. The number of carbonyl (C=O) groups is 1. The van der Waals surface area contributed by atoms with Crippen LogP contribution < -0.4 is 4.90 Å². The van der Waals surface area contributed by atoms with Crippen LogP contribution in [0.4, 0.5) is 5.13 Å². The molecule has 0 amide bonds. The maximum absolute atomic E-state index is 11.0. The maximum Gasteiger partial charge on any atom is 0.347 e. The number of carboxylic acids is 1. The van der Waals surface area contributed by atoms with Crippen molar-refractivity contribution in [1.29, 1.82) is 0 Å². The quantitative estimate of drug-likeness (QED) is 0.939. The molecule has 0 aliphatic heterocycles. The van der Waals surface area contributed by atoms with E-state index in [2.05, 4.69) is 4.98 Å². The lowest BCUT2D eigenvalue weighted by molar-refractivity contribution is 0.0701. The fourth-order valence-electron chi connectivity index (χ4n) is 1.72. The van der Waals surface area contributed by atoms with Gasteiger partial charge < -0.3 is 10.0 Å². The first-order valence-corrected chi connectivity index (χ1v) is 6.83. The van der Waals surface area contributed by atoms with Gasteiger partial charge in [0.1, 0.15) is 4.88 Å². The Bertz CT molecular complexity index is 612. The molecule has 0 saturated carbocycles. The van der Waals surface area contributed by atoms with Gasteiger partial charge in [0, 0.05) is 18.6 Å². The molecule has 2 aromatic rings. The summed E-state index contributed by atoms with van der Waals surface area (Å²) >= 11 is 7.12. The van der Waals surface area contributed by atoms with Gasteiger partial charge in [-0.05, 0) is 24.6 Å². The van der Waals surface area contributed by atoms with Crippen LogP contribution in [0.1, 0.15) is 20.9 Å². The van der Waals surface area contributed by atoms with Crippen molar-refractivity contribution in [2.75, 3.05) is 11.9 Å². The van der Waals surface area contributed by atoms with E-state index in [1.165, 1.54) is 11.3 Å². The number of halogens is 1. The number of aromatic carboxylic acids is 1. The first-order valence-electron chi connectivity index (χ1n) is 5.63. The molecule has 1 heterocycles. The molecule has 1 aromatic heterocycles. The number of hydrogen-bond donors (Lipinski definition) is 1. The fourth-order valence-corrected chi connectivity index (χ4v) is 2.80. The Morgan fingerprint density at radius 1 is 1.53 bits per heavy atom. The van der Waals surface area contributed by atoms with E-state index in [0.717, 1.165) is 5.56 Å². The lowest BCUT2D eigenvalue weighted by Crippen LogP contribution is -2.15. The minimum atomic E-state index is -0.933. The van der Waals surface area contributed by atoms with Crippen molar-refractivity contribution in [1.82, 2.24) is 4.98 Å². The minimum Gasteiger partial charge on any atom is -0.477 e. The first-order chi connectivity index (χ1) is 8.97. The molecule has 6 heteroatoms. The van der Waals surface area contributed by atoms with E-state index in [-0.39, 0.29) is 4.88 Å². The van der Waals surface area contributed by atoms with Gasteiger partial charge in [-0.3, -0.25) is 0 Å². The number of nitrogens with zero attached hydrogens (tertiary/aromatic N) is 2. The van der Waals surface area contributed by atoms with E-state index in [1.54, 1.807) is 6.92 Å². The Morgan fingerprint density at radius 3 is 2.84 bits per heavy atom. The van der Waals surface area contributed by atoms with Crippen LogP contribution in [0.3, 0.4) is 0 Å². The van der Waals surface area contributed by atoms with E-state index in [9.17, 15) is 4.79 Å². The number of thiazole rings is 1. The summed E-state index contributed by atoms with van der Waals surface area (Å²) in [5.41, 5.74) is 1.60. The molecule has 4 nitrogen and oxygen atoms in total. The van der Waals surface area contributed by atoms with E-state index in [1.807, 2.05) is 36.2 Å². The normalized spacial score (nSPS) is 10.5. The highest BCUT2D eigenvalue weighted by Crippen LogP contribution is 2.26. The fraction of sp³-hybridized carbons (Fsp3) is 0.231. The standard InChI is InChI=1S/C13H13ClN2O2S/c1-8-11(12(17)18)19-13(15-8)16(2)7-9-4-3-5-10(14)6-9/h3-6H,7H2,1-2H3,(H,17,18). The van der Waals surface area contributed by atoms with Crippen molar-refractivity contribution in [3.8, 4) is 0 Å². The summed E-state index contributed by atoms with van der Waals surface area (Å²) in [4.78, 5) is 17.5. The van der Waals surface area contributed by atoms with Crippen molar-refractivity contribution in [3.05, 3.63) is 45.4 Å². The second-order valence-corrected chi connectivity index (χ2v) is 5.62. The second-order valence-electron chi connectivity index (χ2n) is 4.20. The number of anilines is 1. The number of aromatic nitrogens is 1. The first kappa shape index (κ1) is 13.8. The Morgan fingerprint density at radius 2 is 2.26 bits per heavy atom. The molecule has 0 radical (unpaired) electrons. The van der Waals surface area contributed by atoms with Crippen molar-refractivity contribution in [2.45, 2.75) is 13.5 Å². The number of aryl methyl sites for hydroxylation is 1. The van der Waals surface area contributed by atoms with Crippen LogP contribution in [0.15, 0.2) is 24.3 Å². The largest absolute Gasteiger partial charge is 0.477 e. The van der Waals surface area contributed by atoms with Gasteiger partial charge in [-0.25, -0.2) is 9.78 Å². The van der Waals surface area contributed by atoms with E-state index >= 15 is 0 Å². The molecule has 0 bridgehead atoms. The predicted octanol–water partition coefficient (Wildman–Crippen LogP) is 3.44. The van der Waals surface area contributed by atoms with Crippen molar-refractivity contribution in [3.63, 3.8) is 0 Å². The van der Waals surface area contributed by atoms with Crippen LogP contribution in [-0.4, -0.2) is 23.1 Å². The summed E-state index contributed by atoms with van der Waals surface area (Å²) in [6, 6.07) is 7.57. The van der Waals surface area contributed by atoms with Crippen LogP contribution in [0.2, 0.25) is 5.02 Å². The molecule has 0 aliphatic rings. The molecule has 0 unspecified atom stereocenters. The zero-order chi connectivity index (χ0) is 14.0. The second kappa shape index (κ2) is 5.59. The van der Waals surface area contributed by atoms with Crippen LogP contribution in [0.5, 0.6) is 0 Å². The van der Waals surface area contributed by atoms with Gasteiger partial charge in [-0.15, -0.1) is 0 Å². The Balaban J connectivity index is 2.18. The van der Waals surface area contributed by atoms with Crippen molar-refractivity contribution < 1.29 is 9.90 Å². The zero-order valence-corrected chi connectivity index (χ0v) is 12.1. The topological polar surface area (TPSA) is 53.4 Å². The Labute approximate surface area is 120 Å². The highest BCUT2D eigenvalue weighted by atomic mass is 35.5. The third-order valence-corrected chi connectivity index (χ3v) is 4.11. The lowest BCUT2D eigenvalue weighted by atomic mass is 10.2. The summed E-state index contributed by atoms with van der Waals surface area (Å²) in [7, 11) is 1.88. The van der Waals surface area contributed by atoms with Crippen molar-refractivity contribution in [2.24, 2.45) is 0 Å². The van der Waals surface area contributed by atoms with Gasteiger partial charge >= 0.3 is 5.97 Å².